The molecule has 1 amide bonds. The van der Waals surface area contributed by atoms with E-state index in [0.717, 1.165) is 6.20 Å². The number of aliphatic hydroxyl groups is 1. The summed E-state index contributed by atoms with van der Waals surface area (Å²) in [6, 6.07) is 1.08. The highest BCUT2D eigenvalue weighted by Crippen LogP contribution is 2.20. The van der Waals surface area contributed by atoms with E-state index in [2.05, 4.69) is 20.4 Å². The number of amides is 1. The maximum absolute atomic E-state index is 13.4. The van der Waals surface area contributed by atoms with Gasteiger partial charge in [0.1, 0.15) is 5.76 Å². The van der Waals surface area contributed by atoms with Gasteiger partial charge in [-0.15, -0.1) is 0 Å². The quantitative estimate of drug-likeness (QED) is 0.808. The van der Waals surface area contributed by atoms with Crippen molar-refractivity contribution in [1.82, 2.24) is 20.4 Å². The van der Waals surface area contributed by atoms with Crippen molar-refractivity contribution in [2.45, 2.75) is 25.5 Å². The molecule has 3 rings (SSSR count). The first-order valence-electron chi connectivity index (χ1n) is 7.71. The number of ether oxygens (including phenoxy) is 1. The number of aromatic nitrogens is 3. The van der Waals surface area contributed by atoms with Crippen molar-refractivity contribution in [1.29, 1.82) is 0 Å². The monoisotopic (exact) mass is 351 g/mol. The normalized spacial score (nSPS) is 20.4. The summed E-state index contributed by atoms with van der Waals surface area (Å²) in [6.07, 6.45) is 0.645. The largest absolute Gasteiger partial charge is 0.479 e. The molecule has 2 aromatic heterocycles. The Hall–Kier alpha value is -2.75. The van der Waals surface area contributed by atoms with E-state index in [9.17, 15) is 14.3 Å². The Labute approximate surface area is 142 Å². The van der Waals surface area contributed by atoms with Crippen molar-refractivity contribution in [2.75, 3.05) is 25.1 Å². The fraction of sp³-hybridized carbons (Fsp3) is 0.467. The molecule has 0 bridgehead atoms. The zero-order valence-corrected chi connectivity index (χ0v) is 13.8. The minimum absolute atomic E-state index is 0.156. The molecule has 2 N–H and O–H groups in total. The smallest absolute Gasteiger partial charge is 0.273 e. The molecule has 0 spiro atoms. The fourth-order valence-corrected chi connectivity index (χ4v) is 2.64. The summed E-state index contributed by atoms with van der Waals surface area (Å²) in [5.74, 6) is -0.431. The Morgan fingerprint density at radius 2 is 2.36 bits per heavy atom. The van der Waals surface area contributed by atoms with Crippen LogP contribution in [0.5, 0.6) is 5.88 Å². The van der Waals surface area contributed by atoms with Crippen LogP contribution in [0, 0.1) is 12.7 Å². The Kier molecular flexibility index (Phi) is 4.79. The van der Waals surface area contributed by atoms with Crippen molar-refractivity contribution >= 4 is 11.9 Å². The van der Waals surface area contributed by atoms with Gasteiger partial charge in [0.05, 0.1) is 25.5 Å². The van der Waals surface area contributed by atoms with Gasteiger partial charge < -0.3 is 24.6 Å². The number of piperidine rings is 1. The van der Waals surface area contributed by atoms with Gasteiger partial charge in [-0.2, -0.15) is 9.37 Å². The maximum atomic E-state index is 13.4. The van der Waals surface area contributed by atoms with Crippen LogP contribution < -0.4 is 15.0 Å². The highest BCUT2D eigenvalue weighted by atomic mass is 19.1. The number of carbonyl (C=O) groups excluding carboxylic acids is 1. The molecule has 9 nitrogen and oxygen atoms in total. The summed E-state index contributed by atoms with van der Waals surface area (Å²) in [4.78, 5) is 21.7. The van der Waals surface area contributed by atoms with E-state index in [1.165, 1.54) is 13.2 Å². The Morgan fingerprint density at radius 1 is 1.56 bits per heavy atom. The molecule has 1 aliphatic rings. The van der Waals surface area contributed by atoms with Crippen LogP contribution in [0.3, 0.4) is 0 Å². The van der Waals surface area contributed by atoms with Crippen molar-refractivity contribution in [3.05, 3.63) is 29.5 Å². The molecule has 0 unspecified atom stereocenters. The zero-order valence-electron chi connectivity index (χ0n) is 13.8. The molecule has 1 fully saturated rings. The van der Waals surface area contributed by atoms with Crippen LogP contribution >= 0.6 is 0 Å². The number of carbonyl (C=O) groups is 1. The summed E-state index contributed by atoms with van der Waals surface area (Å²) in [6.45, 7) is 2.36. The number of hydrogen-bond donors (Lipinski definition) is 2. The van der Waals surface area contributed by atoms with Gasteiger partial charge in [-0.3, -0.25) is 4.79 Å². The third-order valence-electron chi connectivity index (χ3n) is 3.93. The molecule has 25 heavy (non-hydrogen) atoms. The lowest BCUT2D eigenvalue weighted by atomic mass is 10.0. The summed E-state index contributed by atoms with van der Waals surface area (Å²) in [7, 11) is 1.32. The lowest BCUT2D eigenvalue weighted by Gasteiger charge is -2.36. The van der Waals surface area contributed by atoms with Crippen LogP contribution in [0.4, 0.5) is 10.3 Å². The van der Waals surface area contributed by atoms with Crippen molar-refractivity contribution in [2.24, 2.45) is 0 Å². The lowest BCUT2D eigenvalue weighted by Crippen LogP contribution is -2.54. The second-order valence-corrected chi connectivity index (χ2v) is 5.73. The Bertz CT molecular complexity index is 768. The predicted molar refractivity (Wildman–Crippen MR) is 83.9 cm³/mol. The molecule has 0 radical (unpaired) electrons. The van der Waals surface area contributed by atoms with Crippen LogP contribution in [-0.4, -0.2) is 58.5 Å². The average molecular weight is 351 g/mol. The number of β-amino-alcohol motifs (C(OH)–C–C–N with tert-alkyl or cyclic N) is 1. The first kappa shape index (κ1) is 17.1. The van der Waals surface area contributed by atoms with Gasteiger partial charge in [0.15, 0.2) is 5.69 Å². The van der Waals surface area contributed by atoms with Crippen LogP contribution in [0.2, 0.25) is 0 Å². The number of hydrogen-bond acceptors (Lipinski definition) is 8. The standard InChI is InChI=1S/C15H18FN5O4/c1-8-5-11(20-25-8)13(23)18-10-3-4-21(7-12(10)22)15-17-6-9(16)14(19-15)24-2/h5-6,10,12,22H,3-4,7H2,1-2H3,(H,18,23)/t10-,12-/m1/s1. The fourth-order valence-electron chi connectivity index (χ4n) is 2.64. The Balaban J connectivity index is 1.63. The van der Waals surface area contributed by atoms with E-state index >= 15 is 0 Å². The van der Waals surface area contributed by atoms with Gasteiger partial charge in [0.2, 0.25) is 11.8 Å². The number of aliphatic hydroxyl groups excluding tert-OH is 1. The highest BCUT2D eigenvalue weighted by Gasteiger charge is 2.31. The minimum Gasteiger partial charge on any atom is -0.479 e. The second kappa shape index (κ2) is 7.01. The zero-order chi connectivity index (χ0) is 18.0. The summed E-state index contributed by atoms with van der Waals surface area (Å²) >= 11 is 0. The molecule has 134 valence electrons. The lowest BCUT2D eigenvalue weighted by molar-refractivity contribution is 0.0789. The molecule has 1 saturated heterocycles. The molecule has 0 aliphatic carbocycles. The van der Waals surface area contributed by atoms with Crippen molar-refractivity contribution in [3.63, 3.8) is 0 Å². The number of nitrogens with one attached hydrogen (secondary N) is 1. The first-order valence-corrected chi connectivity index (χ1v) is 7.71. The van der Waals surface area contributed by atoms with Gasteiger partial charge in [-0.05, 0) is 13.3 Å². The van der Waals surface area contributed by atoms with Gasteiger partial charge in [0.25, 0.3) is 11.8 Å². The van der Waals surface area contributed by atoms with Crippen molar-refractivity contribution in [3.8, 4) is 5.88 Å². The third-order valence-corrected chi connectivity index (χ3v) is 3.93. The number of methoxy groups -OCH3 is 1. The SMILES string of the molecule is COc1nc(N2CC[C@@H](NC(=O)c3cc(C)on3)[C@H](O)C2)ncc1F. The molecule has 0 aromatic carbocycles. The molecule has 2 aromatic rings. The number of anilines is 1. The average Bonchev–Trinajstić information content (AvgIpc) is 3.03. The predicted octanol–water partition coefficient (Wildman–Crippen LogP) is 0.290. The number of aryl methyl sites for hydroxylation is 1. The number of rotatable bonds is 4. The van der Waals surface area contributed by atoms with Gasteiger partial charge in [-0.25, -0.2) is 4.98 Å². The third kappa shape index (κ3) is 3.68. The van der Waals surface area contributed by atoms with Crippen LogP contribution in [0.1, 0.15) is 22.7 Å². The van der Waals surface area contributed by atoms with E-state index < -0.39 is 23.9 Å². The molecular formula is C15H18FN5O4. The topological polar surface area (TPSA) is 114 Å². The highest BCUT2D eigenvalue weighted by molar-refractivity contribution is 5.92. The van der Waals surface area contributed by atoms with Gasteiger partial charge in [-0.1, -0.05) is 5.16 Å². The van der Waals surface area contributed by atoms with E-state index in [0.29, 0.717) is 18.7 Å². The first-order chi connectivity index (χ1) is 12.0. The molecule has 0 saturated carbocycles. The van der Waals surface area contributed by atoms with E-state index in [1.54, 1.807) is 11.8 Å². The second-order valence-electron chi connectivity index (χ2n) is 5.73. The summed E-state index contributed by atoms with van der Waals surface area (Å²) < 4.78 is 23.1. The van der Waals surface area contributed by atoms with E-state index in [4.69, 9.17) is 9.26 Å². The van der Waals surface area contributed by atoms with Gasteiger partial charge >= 0.3 is 0 Å². The van der Waals surface area contributed by atoms with Crippen LogP contribution in [-0.2, 0) is 0 Å². The number of nitrogens with zero attached hydrogens (tertiary/aromatic N) is 4. The number of halogens is 1. The molecular weight excluding hydrogens is 333 g/mol. The van der Waals surface area contributed by atoms with Crippen LogP contribution in [0.25, 0.3) is 0 Å². The van der Waals surface area contributed by atoms with E-state index in [-0.39, 0.29) is 24.1 Å². The molecule has 10 heteroatoms. The minimum atomic E-state index is -0.842. The van der Waals surface area contributed by atoms with Crippen LogP contribution in [0.15, 0.2) is 16.8 Å². The summed E-state index contributed by atoms with van der Waals surface area (Å²) in [5.41, 5.74) is 0.165. The Morgan fingerprint density at radius 3 is 3.00 bits per heavy atom. The summed E-state index contributed by atoms with van der Waals surface area (Å²) in [5, 5.41) is 16.7. The molecule has 2 atom stereocenters. The van der Waals surface area contributed by atoms with Gasteiger partial charge in [0, 0.05) is 19.2 Å². The molecule has 1 aliphatic heterocycles. The van der Waals surface area contributed by atoms with Crippen molar-refractivity contribution < 1.29 is 23.6 Å². The molecule has 3 heterocycles. The van der Waals surface area contributed by atoms with E-state index in [1.807, 2.05) is 0 Å². The maximum Gasteiger partial charge on any atom is 0.273 e.